The molecule has 0 spiro atoms. The molecule has 7 heteroatoms. The van der Waals surface area contributed by atoms with Crippen molar-refractivity contribution in [3.63, 3.8) is 0 Å². The van der Waals surface area contributed by atoms with E-state index in [0.29, 0.717) is 17.8 Å². The van der Waals surface area contributed by atoms with Crippen molar-refractivity contribution in [1.29, 1.82) is 0 Å². The first kappa shape index (κ1) is 21.1. The van der Waals surface area contributed by atoms with Crippen LogP contribution in [0, 0.1) is 0 Å². The first-order valence-electron chi connectivity index (χ1n) is 10.2. The standard InChI is InChI=1S/C25H25N5O2/c1-29(2)23-14-9-18(15-26-23)16-27-25(31)22-17-30(20-7-5-4-6-8-20)28-24(22)19-10-12-21(32-3)13-11-19/h4-15,17H,16H2,1-3H3,(H,27,31). The molecule has 2 aromatic carbocycles. The Kier molecular flexibility index (Phi) is 6.17. The van der Waals surface area contributed by atoms with Gasteiger partial charge in [-0.05, 0) is 48.0 Å². The summed E-state index contributed by atoms with van der Waals surface area (Å²) in [5.41, 5.74) is 3.74. The Morgan fingerprint density at radius 3 is 2.41 bits per heavy atom. The highest BCUT2D eigenvalue weighted by Crippen LogP contribution is 2.26. The number of carbonyl (C=O) groups excluding carboxylic acids is 1. The zero-order valence-corrected chi connectivity index (χ0v) is 18.3. The first-order chi connectivity index (χ1) is 15.5. The molecular weight excluding hydrogens is 402 g/mol. The molecule has 0 saturated carbocycles. The van der Waals surface area contributed by atoms with Crippen molar-refractivity contribution in [1.82, 2.24) is 20.1 Å². The van der Waals surface area contributed by atoms with Crippen LogP contribution in [0.25, 0.3) is 16.9 Å². The molecule has 162 valence electrons. The molecule has 0 aliphatic rings. The molecule has 0 saturated heterocycles. The van der Waals surface area contributed by atoms with Gasteiger partial charge in [-0.15, -0.1) is 0 Å². The fourth-order valence-electron chi connectivity index (χ4n) is 3.28. The summed E-state index contributed by atoms with van der Waals surface area (Å²) in [6, 6.07) is 21.1. The van der Waals surface area contributed by atoms with Crippen molar-refractivity contribution in [2.75, 3.05) is 26.1 Å². The number of benzene rings is 2. The van der Waals surface area contributed by atoms with Gasteiger partial charge in [0.25, 0.3) is 5.91 Å². The number of amides is 1. The lowest BCUT2D eigenvalue weighted by Crippen LogP contribution is -2.23. The van der Waals surface area contributed by atoms with Crippen LogP contribution in [0.1, 0.15) is 15.9 Å². The van der Waals surface area contributed by atoms with E-state index < -0.39 is 0 Å². The number of carbonyl (C=O) groups is 1. The minimum absolute atomic E-state index is 0.199. The summed E-state index contributed by atoms with van der Waals surface area (Å²) in [5, 5.41) is 7.70. The number of rotatable bonds is 7. The predicted octanol–water partition coefficient (Wildman–Crippen LogP) is 3.94. The Labute approximate surface area is 187 Å². The smallest absolute Gasteiger partial charge is 0.255 e. The second-order valence-electron chi connectivity index (χ2n) is 7.50. The average molecular weight is 428 g/mol. The lowest BCUT2D eigenvalue weighted by Gasteiger charge is -2.11. The van der Waals surface area contributed by atoms with Crippen LogP contribution < -0.4 is 15.0 Å². The number of anilines is 1. The number of methoxy groups -OCH3 is 1. The maximum absolute atomic E-state index is 13.1. The molecule has 1 amide bonds. The Bertz CT molecular complexity index is 1180. The van der Waals surface area contributed by atoms with Crippen LogP contribution in [-0.4, -0.2) is 41.9 Å². The van der Waals surface area contributed by atoms with Crippen LogP contribution in [0.5, 0.6) is 5.75 Å². The van der Waals surface area contributed by atoms with Crippen molar-refractivity contribution in [2.45, 2.75) is 6.54 Å². The van der Waals surface area contributed by atoms with Gasteiger partial charge in [-0.2, -0.15) is 5.10 Å². The second-order valence-corrected chi connectivity index (χ2v) is 7.50. The number of aromatic nitrogens is 3. The topological polar surface area (TPSA) is 72.3 Å². The first-order valence-corrected chi connectivity index (χ1v) is 10.2. The molecule has 0 aliphatic heterocycles. The molecule has 0 radical (unpaired) electrons. The Hall–Kier alpha value is -4.13. The van der Waals surface area contributed by atoms with Crippen LogP contribution in [0.2, 0.25) is 0 Å². The van der Waals surface area contributed by atoms with Crippen molar-refractivity contribution in [2.24, 2.45) is 0 Å². The summed E-state index contributed by atoms with van der Waals surface area (Å²) >= 11 is 0. The molecule has 2 aromatic heterocycles. The SMILES string of the molecule is COc1ccc(-c2nn(-c3ccccc3)cc2C(=O)NCc2ccc(N(C)C)nc2)cc1. The quantitative estimate of drug-likeness (QED) is 0.484. The maximum Gasteiger partial charge on any atom is 0.255 e. The summed E-state index contributed by atoms with van der Waals surface area (Å²) in [4.78, 5) is 19.5. The van der Waals surface area contributed by atoms with Gasteiger partial charge in [0.2, 0.25) is 0 Å². The summed E-state index contributed by atoms with van der Waals surface area (Å²) < 4.78 is 6.98. The van der Waals surface area contributed by atoms with E-state index in [0.717, 1.165) is 28.4 Å². The zero-order valence-electron chi connectivity index (χ0n) is 18.3. The maximum atomic E-state index is 13.1. The van der Waals surface area contributed by atoms with E-state index in [9.17, 15) is 4.79 Å². The van der Waals surface area contributed by atoms with Crippen LogP contribution in [-0.2, 0) is 6.54 Å². The number of hydrogen-bond donors (Lipinski definition) is 1. The van der Waals surface area contributed by atoms with Gasteiger partial charge in [0.1, 0.15) is 17.3 Å². The highest BCUT2D eigenvalue weighted by atomic mass is 16.5. The number of nitrogens with one attached hydrogen (secondary N) is 1. The lowest BCUT2D eigenvalue weighted by atomic mass is 10.1. The van der Waals surface area contributed by atoms with Gasteiger partial charge in [0.05, 0.1) is 18.4 Å². The molecule has 0 aliphatic carbocycles. The fourth-order valence-corrected chi connectivity index (χ4v) is 3.28. The molecular formula is C25H25N5O2. The number of nitrogens with zero attached hydrogens (tertiary/aromatic N) is 4. The molecule has 0 atom stereocenters. The van der Waals surface area contributed by atoms with Crippen molar-refractivity contribution in [3.8, 4) is 22.7 Å². The van der Waals surface area contributed by atoms with E-state index in [4.69, 9.17) is 9.84 Å². The second kappa shape index (κ2) is 9.34. The Morgan fingerprint density at radius 1 is 1.03 bits per heavy atom. The molecule has 0 unspecified atom stereocenters. The Morgan fingerprint density at radius 2 is 1.78 bits per heavy atom. The van der Waals surface area contributed by atoms with E-state index in [1.807, 2.05) is 85.7 Å². The third-order valence-corrected chi connectivity index (χ3v) is 5.06. The molecule has 0 bridgehead atoms. The number of para-hydroxylation sites is 1. The monoisotopic (exact) mass is 427 g/mol. The average Bonchev–Trinajstić information content (AvgIpc) is 3.29. The fraction of sp³-hybridized carbons (Fsp3) is 0.160. The van der Waals surface area contributed by atoms with E-state index in [2.05, 4.69) is 10.3 Å². The number of ether oxygens (including phenoxy) is 1. The minimum Gasteiger partial charge on any atom is -0.497 e. The normalized spacial score (nSPS) is 10.6. The van der Waals surface area contributed by atoms with Gasteiger partial charge >= 0.3 is 0 Å². The molecule has 32 heavy (non-hydrogen) atoms. The van der Waals surface area contributed by atoms with Gasteiger partial charge in [-0.1, -0.05) is 24.3 Å². The molecule has 0 fully saturated rings. The van der Waals surface area contributed by atoms with E-state index >= 15 is 0 Å². The number of hydrogen-bond acceptors (Lipinski definition) is 5. The highest BCUT2D eigenvalue weighted by Gasteiger charge is 2.19. The zero-order chi connectivity index (χ0) is 22.5. The lowest BCUT2D eigenvalue weighted by molar-refractivity contribution is 0.0951. The molecule has 2 heterocycles. The minimum atomic E-state index is -0.199. The summed E-state index contributed by atoms with van der Waals surface area (Å²) in [6.45, 7) is 0.373. The van der Waals surface area contributed by atoms with Crippen LogP contribution in [0.3, 0.4) is 0 Å². The largest absolute Gasteiger partial charge is 0.497 e. The highest BCUT2D eigenvalue weighted by molar-refractivity contribution is 5.99. The third-order valence-electron chi connectivity index (χ3n) is 5.06. The van der Waals surface area contributed by atoms with Crippen molar-refractivity contribution >= 4 is 11.7 Å². The van der Waals surface area contributed by atoms with Gasteiger partial charge in [-0.25, -0.2) is 9.67 Å². The van der Waals surface area contributed by atoms with Gasteiger partial charge in [0, 0.05) is 38.6 Å². The molecule has 4 aromatic rings. The number of pyridine rings is 1. The van der Waals surface area contributed by atoms with Crippen molar-refractivity contribution in [3.05, 3.63) is 90.3 Å². The predicted molar refractivity (Wildman–Crippen MR) is 125 cm³/mol. The van der Waals surface area contributed by atoms with Gasteiger partial charge in [-0.3, -0.25) is 4.79 Å². The molecule has 7 nitrogen and oxygen atoms in total. The summed E-state index contributed by atoms with van der Waals surface area (Å²) in [7, 11) is 5.50. The van der Waals surface area contributed by atoms with Crippen LogP contribution in [0.4, 0.5) is 5.82 Å². The van der Waals surface area contributed by atoms with E-state index in [1.54, 1.807) is 24.2 Å². The van der Waals surface area contributed by atoms with E-state index in [1.165, 1.54) is 0 Å². The molecule has 1 N–H and O–H groups in total. The van der Waals surface area contributed by atoms with Gasteiger partial charge < -0.3 is 15.0 Å². The summed E-state index contributed by atoms with van der Waals surface area (Å²) in [5.74, 6) is 1.41. The van der Waals surface area contributed by atoms with E-state index in [-0.39, 0.29) is 5.91 Å². The molecule has 4 rings (SSSR count). The van der Waals surface area contributed by atoms with Gasteiger partial charge in [0.15, 0.2) is 0 Å². The van der Waals surface area contributed by atoms with Crippen LogP contribution in [0.15, 0.2) is 79.1 Å². The summed E-state index contributed by atoms with van der Waals surface area (Å²) in [6.07, 6.45) is 3.53. The van der Waals surface area contributed by atoms with Crippen LogP contribution >= 0.6 is 0 Å². The van der Waals surface area contributed by atoms with Crippen molar-refractivity contribution < 1.29 is 9.53 Å². The Balaban J connectivity index is 1.61. The third kappa shape index (κ3) is 4.62.